The maximum Gasteiger partial charge on any atom is 0.153 e. The van der Waals surface area contributed by atoms with Gasteiger partial charge in [-0.3, -0.25) is 9.88 Å². The fraction of sp³-hybridized carbons (Fsp3) is 0.375. The molecule has 52 heavy (non-hydrogen) atoms. The van der Waals surface area contributed by atoms with Crippen molar-refractivity contribution in [3.63, 3.8) is 0 Å². The van der Waals surface area contributed by atoms with Crippen LogP contribution in [0.5, 0.6) is 17.2 Å². The lowest BCUT2D eigenvalue weighted by atomic mass is 9.93. The summed E-state index contributed by atoms with van der Waals surface area (Å²) in [4.78, 5) is 8.69. The number of amidine groups is 1. The third kappa shape index (κ3) is 9.72. The first kappa shape index (κ1) is 38.4. The van der Waals surface area contributed by atoms with Crippen LogP contribution in [0.3, 0.4) is 0 Å². The molecule has 1 fully saturated rings. The third-order valence-corrected chi connectivity index (χ3v) is 9.97. The number of rotatable bonds is 16. The van der Waals surface area contributed by atoms with Crippen LogP contribution in [0.15, 0.2) is 72.1 Å². The van der Waals surface area contributed by atoms with E-state index in [0.29, 0.717) is 47.7 Å². The topological polar surface area (TPSA) is 147 Å². The van der Waals surface area contributed by atoms with Crippen LogP contribution >= 0.6 is 11.6 Å². The largest absolute Gasteiger partial charge is 0.493 e. The molecule has 1 aliphatic heterocycles. The van der Waals surface area contributed by atoms with Gasteiger partial charge in [-0.25, -0.2) is 5.84 Å². The number of hydrazone groups is 1. The molecule has 0 saturated carbocycles. The van der Waals surface area contributed by atoms with Gasteiger partial charge < -0.3 is 30.4 Å². The van der Waals surface area contributed by atoms with Crippen LogP contribution in [0.25, 0.3) is 11.1 Å². The van der Waals surface area contributed by atoms with Crippen LogP contribution in [-0.4, -0.2) is 60.0 Å². The van der Waals surface area contributed by atoms with Crippen molar-refractivity contribution in [1.82, 2.24) is 20.2 Å². The molecule has 0 bridgehead atoms. The predicted molar refractivity (Wildman–Crippen MR) is 206 cm³/mol. The highest BCUT2D eigenvalue weighted by Crippen LogP contribution is 2.37. The van der Waals surface area contributed by atoms with Gasteiger partial charge in [0.2, 0.25) is 0 Å². The van der Waals surface area contributed by atoms with E-state index in [9.17, 15) is 5.26 Å². The van der Waals surface area contributed by atoms with Gasteiger partial charge in [-0.1, -0.05) is 41.9 Å². The average molecular weight is 725 g/mol. The molecule has 1 atom stereocenters. The lowest BCUT2D eigenvalue weighted by Gasteiger charge is -2.26. The van der Waals surface area contributed by atoms with E-state index in [1.54, 1.807) is 12.3 Å². The van der Waals surface area contributed by atoms with E-state index in [1.165, 1.54) is 32.1 Å². The Morgan fingerprint density at radius 1 is 0.981 bits per heavy atom. The molecular weight excluding hydrogens is 676 g/mol. The number of pyridine rings is 1. The first-order valence-electron chi connectivity index (χ1n) is 17.6. The SMILES string of the molecule is Cc1c(COc2cc(OCc3cncc(C#N)c3)c(CN(C)C(C)/C(=N/N)NN)cc2Cl)cccc1-c1cccc(OCCCN2CCCC2)c1C. The second kappa shape index (κ2) is 18.6. The van der Waals surface area contributed by atoms with Crippen molar-refractivity contribution in [3.05, 3.63) is 105 Å². The van der Waals surface area contributed by atoms with Crippen LogP contribution in [0, 0.1) is 25.2 Å². The monoisotopic (exact) mass is 724 g/mol. The zero-order chi connectivity index (χ0) is 37.0. The standard InChI is InChI=1S/C40H49ClN8O3/c1-27-32(10-7-11-34(27)35-12-8-13-37(28(35)2)50-17-9-16-49-14-5-6-15-49)26-52-39-20-38(51-25-31-18-30(21-42)22-45-23-31)33(19-36(39)41)24-48(4)29(3)40(46-43)47-44/h7-8,10-13,18-20,22-23,29H,5-6,9,14-17,24-26,43-44H2,1-4H3,(H,46,47). The van der Waals surface area contributed by atoms with Gasteiger partial charge in [0.1, 0.15) is 36.5 Å². The van der Waals surface area contributed by atoms with Gasteiger partial charge >= 0.3 is 0 Å². The van der Waals surface area contributed by atoms with Crippen molar-refractivity contribution in [3.8, 4) is 34.4 Å². The zero-order valence-electron chi connectivity index (χ0n) is 30.5. The Kier molecular flexibility index (Phi) is 13.7. The number of likely N-dealkylation sites (N-methyl/N-ethyl adjacent to an activating group) is 1. The van der Waals surface area contributed by atoms with Gasteiger partial charge in [0.25, 0.3) is 0 Å². The summed E-state index contributed by atoms with van der Waals surface area (Å²) in [5.74, 6) is 13.6. The second-order valence-electron chi connectivity index (χ2n) is 13.2. The van der Waals surface area contributed by atoms with Crippen LogP contribution in [-0.2, 0) is 19.8 Å². The number of ether oxygens (including phenoxy) is 3. The number of likely N-dealkylation sites (tertiary alicyclic amines) is 1. The number of hydrogen-bond donors (Lipinski definition) is 3. The first-order chi connectivity index (χ1) is 25.2. The van der Waals surface area contributed by atoms with E-state index in [1.807, 2.05) is 31.0 Å². The summed E-state index contributed by atoms with van der Waals surface area (Å²) < 4.78 is 19.0. The van der Waals surface area contributed by atoms with Crippen LogP contribution in [0.4, 0.5) is 0 Å². The molecule has 4 aromatic rings. The predicted octanol–water partition coefficient (Wildman–Crippen LogP) is 6.47. The molecule has 0 spiro atoms. The maximum atomic E-state index is 9.34. The van der Waals surface area contributed by atoms with Crippen LogP contribution in [0.2, 0.25) is 5.02 Å². The summed E-state index contributed by atoms with van der Waals surface area (Å²) in [6.07, 6.45) is 6.81. The molecule has 0 amide bonds. The lowest BCUT2D eigenvalue weighted by Crippen LogP contribution is -2.46. The van der Waals surface area contributed by atoms with E-state index in [4.69, 9.17) is 37.5 Å². The zero-order valence-corrected chi connectivity index (χ0v) is 31.2. The molecule has 3 aromatic carbocycles. The molecule has 2 heterocycles. The summed E-state index contributed by atoms with van der Waals surface area (Å²) in [5, 5.41) is 13.5. The summed E-state index contributed by atoms with van der Waals surface area (Å²) in [7, 11) is 1.92. The van der Waals surface area contributed by atoms with E-state index in [0.717, 1.165) is 57.7 Å². The minimum absolute atomic E-state index is 0.192. The molecule has 12 heteroatoms. The number of nitrogens with zero attached hydrogens (tertiary/aromatic N) is 5. The number of nitrogens with two attached hydrogens (primary N) is 2. The summed E-state index contributed by atoms with van der Waals surface area (Å²) >= 11 is 6.86. The molecule has 11 nitrogen and oxygen atoms in total. The van der Waals surface area contributed by atoms with E-state index >= 15 is 0 Å². The van der Waals surface area contributed by atoms with Gasteiger partial charge in [-0.15, -0.1) is 0 Å². The molecule has 1 saturated heterocycles. The van der Waals surface area contributed by atoms with Crippen molar-refractivity contribution in [1.29, 1.82) is 5.26 Å². The minimum Gasteiger partial charge on any atom is -0.493 e. The first-order valence-corrected chi connectivity index (χ1v) is 18.0. The molecular formula is C40H49ClN8O3. The average Bonchev–Trinajstić information content (AvgIpc) is 3.68. The Morgan fingerprint density at radius 2 is 1.71 bits per heavy atom. The highest BCUT2D eigenvalue weighted by molar-refractivity contribution is 6.32. The van der Waals surface area contributed by atoms with E-state index in [-0.39, 0.29) is 12.6 Å². The second-order valence-corrected chi connectivity index (χ2v) is 13.6. The third-order valence-electron chi connectivity index (χ3n) is 9.68. The van der Waals surface area contributed by atoms with Crippen molar-refractivity contribution >= 4 is 17.4 Å². The van der Waals surface area contributed by atoms with Crippen molar-refractivity contribution < 1.29 is 14.2 Å². The van der Waals surface area contributed by atoms with E-state index < -0.39 is 0 Å². The van der Waals surface area contributed by atoms with Gasteiger partial charge in [0.05, 0.1) is 23.2 Å². The highest BCUT2D eigenvalue weighted by atomic mass is 35.5. The van der Waals surface area contributed by atoms with Gasteiger partial charge in [0, 0.05) is 42.7 Å². The molecule has 0 radical (unpaired) electrons. The Balaban J connectivity index is 1.34. The Bertz CT molecular complexity index is 1890. The number of halogens is 1. The normalized spacial score (nSPS) is 13.9. The summed E-state index contributed by atoms with van der Waals surface area (Å²) in [6, 6.07) is 19.8. The molecule has 1 aliphatic rings. The minimum atomic E-state index is -0.222. The quantitative estimate of drug-likeness (QED) is 0.0386. The number of hydrazine groups is 1. The summed E-state index contributed by atoms with van der Waals surface area (Å²) in [5.41, 5.74) is 10.1. The summed E-state index contributed by atoms with van der Waals surface area (Å²) in [6.45, 7) is 11.3. The molecule has 274 valence electrons. The maximum absolute atomic E-state index is 9.34. The van der Waals surface area contributed by atoms with Gasteiger partial charge in [-0.05, 0) is 106 Å². The number of nitrogens with one attached hydrogen (secondary N) is 1. The fourth-order valence-corrected chi connectivity index (χ4v) is 6.68. The molecule has 5 N–H and O–H groups in total. The van der Waals surface area contributed by atoms with E-state index in [2.05, 4.69) is 76.7 Å². The number of hydrogen-bond acceptors (Lipinski definition) is 10. The molecule has 1 aromatic heterocycles. The lowest BCUT2D eigenvalue weighted by molar-refractivity contribution is 0.262. The van der Waals surface area contributed by atoms with Crippen molar-refractivity contribution in [2.24, 2.45) is 16.8 Å². The molecule has 5 rings (SSSR count). The van der Waals surface area contributed by atoms with Gasteiger partial charge in [0.15, 0.2) is 5.84 Å². The highest BCUT2D eigenvalue weighted by Gasteiger charge is 2.20. The van der Waals surface area contributed by atoms with Crippen LogP contribution in [0.1, 0.15) is 59.6 Å². The number of benzene rings is 3. The van der Waals surface area contributed by atoms with Crippen molar-refractivity contribution in [2.75, 3.05) is 33.3 Å². The van der Waals surface area contributed by atoms with Crippen LogP contribution < -0.4 is 31.3 Å². The number of nitriles is 1. The molecule has 0 aliphatic carbocycles. The van der Waals surface area contributed by atoms with Crippen molar-refractivity contribution in [2.45, 2.75) is 65.8 Å². The Morgan fingerprint density at radius 3 is 2.44 bits per heavy atom. The fourth-order valence-electron chi connectivity index (χ4n) is 6.44. The van der Waals surface area contributed by atoms with Gasteiger partial charge in [-0.2, -0.15) is 10.4 Å². The number of aromatic nitrogens is 1. The smallest absolute Gasteiger partial charge is 0.153 e. The Labute approximate surface area is 312 Å². The Hall–Kier alpha value is -4.86. The molecule has 1 unspecified atom stereocenters.